The van der Waals surface area contributed by atoms with E-state index in [1.165, 1.54) is 48.4 Å². The summed E-state index contributed by atoms with van der Waals surface area (Å²) in [7, 11) is 2.00. The summed E-state index contributed by atoms with van der Waals surface area (Å²) in [6.45, 7) is 2.22. The Morgan fingerprint density at radius 2 is 2.06 bits per heavy atom. The van der Waals surface area contributed by atoms with Crippen LogP contribution in [0, 0.1) is 0 Å². The number of hydrogen-bond acceptors (Lipinski definition) is 3. The highest BCUT2D eigenvalue weighted by Crippen LogP contribution is 2.20. The van der Waals surface area contributed by atoms with Crippen molar-refractivity contribution < 1.29 is 0 Å². The maximum absolute atomic E-state index is 3.56. The standard InChI is InChI=1S/C13H22N2S/c1-14-10-13-8-7-12(16-13)4-2-3-9-15-11-5-6-11/h7-8,11,14-15H,2-6,9-10H2,1H3. The lowest BCUT2D eigenvalue weighted by Crippen LogP contribution is -2.17. The van der Waals surface area contributed by atoms with E-state index in [0.29, 0.717) is 0 Å². The van der Waals surface area contributed by atoms with Crippen molar-refractivity contribution in [3.05, 3.63) is 21.9 Å². The fraction of sp³-hybridized carbons (Fsp3) is 0.692. The summed E-state index contributed by atoms with van der Waals surface area (Å²) >= 11 is 1.95. The first kappa shape index (κ1) is 12.1. The number of rotatable bonds is 8. The SMILES string of the molecule is CNCc1ccc(CCCCNC2CC2)s1. The van der Waals surface area contributed by atoms with Gasteiger partial charge < -0.3 is 10.6 Å². The Labute approximate surface area is 102 Å². The summed E-state index contributed by atoms with van der Waals surface area (Å²) in [5.41, 5.74) is 0. The molecular formula is C13H22N2S. The van der Waals surface area contributed by atoms with Crippen molar-refractivity contribution in [2.24, 2.45) is 0 Å². The Balaban J connectivity index is 1.56. The topological polar surface area (TPSA) is 24.1 Å². The molecule has 2 rings (SSSR count). The maximum atomic E-state index is 3.56. The quantitative estimate of drug-likeness (QED) is 0.680. The molecule has 1 aromatic rings. The van der Waals surface area contributed by atoms with E-state index in [1.54, 1.807) is 0 Å². The van der Waals surface area contributed by atoms with E-state index >= 15 is 0 Å². The second kappa shape index (κ2) is 6.38. The average molecular weight is 238 g/mol. The normalized spacial score (nSPS) is 15.6. The molecule has 0 bridgehead atoms. The number of aryl methyl sites for hydroxylation is 1. The van der Waals surface area contributed by atoms with E-state index in [-0.39, 0.29) is 0 Å². The minimum absolute atomic E-state index is 0.865. The van der Waals surface area contributed by atoms with E-state index in [0.717, 1.165) is 12.6 Å². The first-order chi connectivity index (χ1) is 7.88. The Hall–Kier alpha value is -0.380. The zero-order valence-electron chi connectivity index (χ0n) is 10.1. The molecule has 1 aliphatic rings. The summed E-state index contributed by atoms with van der Waals surface area (Å²) in [6, 6.07) is 5.40. The molecule has 0 amide bonds. The van der Waals surface area contributed by atoms with E-state index in [1.807, 2.05) is 18.4 Å². The molecular weight excluding hydrogens is 216 g/mol. The molecule has 0 saturated heterocycles. The Kier molecular flexibility index (Phi) is 4.82. The van der Waals surface area contributed by atoms with Gasteiger partial charge in [-0.15, -0.1) is 11.3 Å². The number of unbranched alkanes of at least 4 members (excludes halogenated alkanes) is 1. The molecule has 0 radical (unpaired) electrons. The molecule has 2 N–H and O–H groups in total. The molecule has 1 fully saturated rings. The monoisotopic (exact) mass is 238 g/mol. The minimum atomic E-state index is 0.865. The molecule has 16 heavy (non-hydrogen) atoms. The van der Waals surface area contributed by atoms with Crippen molar-refractivity contribution in [3.8, 4) is 0 Å². The Bertz CT molecular complexity index is 305. The van der Waals surface area contributed by atoms with Crippen LogP contribution < -0.4 is 10.6 Å². The predicted octanol–water partition coefficient (Wildman–Crippen LogP) is 2.54. The van der Waals surface area contributed by atoms with Gasteiger partial charge in [0.25, 0.3) is 0 Å². The third-order valence-corrected chi connectivity index (χ3v) is 4.07. The van der Waals surface area contributed by atoms with Gasteiger partial charge in [-0.2, -0.15) is 0 Å². The van der Waals surface area contributed by atoms with E-state index in [9.17, 15) is 0 Å². The van der Waals surface area contributed by atoms with Gasteiger partial charge in [0.15, 0.2) is 0 Å². The maximum Gasteiger partial charge on any atom is 0.0296 e. The molecule has 3 heteroatoms. The van der Waals surface area contributed by atoms with E-state index in [4.69, 9.17) is 0 Å². The molecule has 0 spiro atoms. The third-order valence-electron chi connectivity index (χ3n) is 2.93. The molecule has 0 unspecified atom stereocenters. The molecule has 0 aromatic carbocycles. The second-order valence-corrected chi connectivity index (χ2v) is 5.84. The van der Waals surface area contributed by atoms with Gasteiger partial charge >= 0.3 is 0 Å². The van der Waals surface area contributed by atoms with Crippen molar-refractivity contribution in [1.29, 1.82) is 0 Å². The van der Waals surface area contributed by atoms with Gasteiger partial charge in [-0.1, -0.05) is 0 Å². The highest BCUT2D eigenvalue weighted by Gasteiger charge is 2.19. The summed E-state index contributed by atoms with van der Waals surface area (Å²) in [4.78, 5) is 2.99. The van der Waals surface area contributed by atoms with Crippen LogP contribution in [0.2, 0.25) is 0 Å². The zero-order chi connectivity index (χ0) is 11.2. The van der Waals surface area contributed by atoms with Crippen molar-refractivity contribution in [2.45, 2.75) is 44.7 Å². The second-order valence-electron chi connectivity index (χ2n) is 4.58. The molecule has 1 aromatic heterocycles. The van der Waals surface area contributed by atoms with Gasteiger partial charge in [0.05, 0.1) is 0 Å². The van der Waals surface area contributed by atoms with Crippen LogP contribution in [0.1, 0.15) is 35.4 Å². The number of thiophene rings is 1. The third kappa shape index (κ3) is 4.24. The van der Waals surface area contributed by atoms with Gasteiger partial charge in [-0.25, -0.2) is 0 Å². The van der Waals surface area contributed by atoms with Gasteiger partial charge in [0.1, 0.15) is 0 Å². The first-order valence-electron chi connectivity index (χ1n) is 6.34. The molecule has 2 nitrogen and oxygen atoms in total. The van der Waals surface area contributed by atoms with E-state index < -0.39 is 0 Å². The summed E-state index contributed by atoms with van der Waals surface area (Å²) in [5.74, 6) is 0. The lowest BCUT2D eigenvalue weighted by Gasteiger charge is -2.01. The van der Waals surface area contributed by atoms with Crippen LogP contribution in [0.3, 0.4) is 0 Å². The summed E-state index contributed by atoms with van der Waals surface area (Å²) in [6.07, 6.45) is 6.69. The van der Waals surface area contributed by atoms with Crippen LogP contribution in [-0.2, 0) is 13.0 Å². The van der Waals surface area contributed by atoms with Crippen LogP contribution in [0.25, 0.3) is 0 Å². The van der Waals surface area contributed by atoms with Crippen molar-refractivity contribution in [2.75, 3.05) is 13.6 Å². The predicted molar refractivity (Wildman–Crippen MR) is 71.0 cm³/mol. The van der Waals surface area contributed by atoms with Crippen molar-refractivity contribution in [1.82, 2.24) is 10.6 Å². The Morgan fingerprint density at radius 1 is 1.25 bits per heavy atom. The van der Waals surface area contributed by atoms with Crippen LogP contribution in [0.4, 0.5) is 0 Å². The molecule has 1 saturated carbocycles. The zero-order valence-corrected chi connectivity index (χ0v) is 10.9. The molecule has 1 heterocycles. The first-order valence-corrected chi connectivity index (χ1v) is 7.15. The van der Waals surface area contributed by atoms with E-state index in [2.05, 4.69) is 22.8 Å². The lowest BCUT2D eigenvalue weighted by molar-refractivity contribution is 0.621. The highest BCUT2D eigenvalue weighted by atomic mass is 32.1. The summed E-state index contributed by atoms with van der Waals surface area (Å²) < 4.78 is 0. The van der Waals surface area contributed by atoms with Gasteiger partial charge in [-0.3, -0.25) is 0 Å². The highest BCUT2D eigenvalue weighted by molar-refractivity contribution is 7.11. The molecule has 1 aliphatic carbocycles. The summed E-state index contributed by atoms with van der Waals surface area (Å²) in [5, 5.41) is 6.76. The van der Waals surface area contributed by atoms with Crippen LogP contribution in [0.5, 0.6) is 0 Å². The average Bonchev–Trinajstić information content (AvgIpc) is 2.99. The van der Waals surface area contributed by atoms with Crippen molar-refractivity contribution >= 4 is 11.3 Å². The Morgan fingerprint density at radius 3 is 2.81 bits per heavy atom. The smallest absolute Gasteiger partial charge is 0.0296 e. The van der Waals surface area contributed by atoms with Gasteiger partial charge in [0.2, 0.25) is 0 Å². The largest absolute Gasteiger partial charge is 0.315 e. The van der Waals surface area contributed by atoms with Gasteiger partial charge in [0, 0.05) is 22.3 Å². The van der Waals surface area contributed by atoms with Crippen LogP contribution >= 0.6 is 11.3 Å². The molecule has 90 valence electrons. The minimum Gasteiger partial charge on any atom is -0.315 e. The fourth-order valence-corrected chi connectivity index (χ4v) is 2.92. The number of hydrogen-bond donors (Lipinski definition) is 2. The van der Waals surface area contributed by atoms with Crippen molar-refractivity contribution in [3.63, 3.8) is 0 Å². The van der Waals surface area contributed by atoms with Crippen LogP contribution in [-0.4, -0.2) is 19.6 Å². The van der Waals surface area contributed by atoms with Gasteiger partial charge in [-0.05, 0) is 57.8 Å². The number of nitrogens with one attached hydrogen (secondary N) is 2. The molecule has 0 atom stereocenters. The fourth-order valence-electron chi connectivity index (χ4n) is 1.84. The lowest BCUT2D eigenvalue weighted by atomic mass is 10.2. The van der Waals surface area contributed by atoms with Crippen LogP contribution in [0.15, 0.2) is 12.1 Å². The molecule has 0 aliphatic heterocycles.